The van der Waals surface area contributed by atoms with Crippen LogP contribution in [0.3, 0.4) is 0 Å². The van der Waals surface area contributed by atoms with E-state index in [1.807, 2.05) is 19.1 Å². The van der Waals surface area contributed by atoms with E-state index in [2.05, 4.69) is 16.4 Å². The number of hydrogen-bond donors (Lipinski definition) is 1. The Balaban J connectivity index is 2.12. The number of rotatable bonds is 2. The SMILES string of the molecule is COc1ccc(NC2=NCCC2)cc1C. The lowest BCUT2D eigenvalue weighted by atomic mass is 10.2. The molecule has 0 atom stereocenters. The standard InChI is InChI=1S/C12H16N2O/c1-9-8-10(5-6-11(9)15-2)14-12-4-3-7-13-12/h5-6,8H,3-4,7H2,1-2H3,(H,13,14). The van der Waals surface area contributed by atoms with E-state index >= 15 is 0 Å². The molecule has 1 aliphatic heterocycles. The molecule has 3 nitrogen and oxygen atoms in total. The molecule has 0 saturated carbocycles. The van der Waals surface area contributed by atoms with Crippen molar-refractivity contribution in [1.29, 1.82) is 0 Å². The summed E-state index contributed by atoms with van der Waals surface area (Å²) in [6.45, 7) is 3.00. The van der Waals surface area contributed by atoms with Crippen LogP contribution >= 0.6 is 0 Å². The van der Waals surface area contributed by atoms with Gasteiger partial charge in [-0.2, -0.15) is 0 Å². The fourth-order valence-corrected chi connectivity index (χ4v) is 1.76. The minimum absolute atomic E-state index is 0.925. The summed E-state index contributed by atoms with van der Waals surface area (Å²) in [4.78, 5) is 4.38. The fraction of sp³-hybridized carbons (Fsp3) is 0.417. The number of aliphatic imine (C=N–C) groups is 1. The van der Waals surface area contributed by atoms with Crippen LogP contribution in [-0.4, -0.2) is 19.5 Å². The Morgan fingerprint density at radius 2 is 2.27 bits per heavy atom. The highest BCUT2D eigenvalue weighted by Crippen LogP contribution is 2.22. The van der Waals surface area contributed by atoms with Crippen molar-refractivity contribution in [2.45, 2.75) is 19.8 Å². The number of nitrogens with zero attached hydrogens (tertiary/aromatic N) is 1. The number of aryl methyl sites for hydroxylation is 1. The summed E-state index contributed by atoms with van der Waals surface area (Å²) in [6.07, 6.45) is 2.22. The van der Waals surface area contributed by atoms with Gasteiger partial charge in [-0.1, -0.05) is 0 Å². The average molecular weight is 204 g/mol. The number of methoxy groups -OCH3 is 1. The molecule has 0 saturated heterocycles. The molecule has 15 heavy (non-hydrogen) atoms. The predicted octanol–water partition coefficient (Wildman–Crippen LogP) is 2.61. The first-order chi connectivity index (χ1) is 7.29. The van der Waals surface area contributed by atoms with Gasteiger partial charge in [-0.25, -0.2) is 0 Å². The van der Waals surface area contributed by atoms with Crippen molar-refractivity contribution < 1.29 is 4.74 Å². The molecular formula is C12H16N2O. The number of benzene rings is 1. The average Bonchev–Trinajstić information content (AvgIpc) is 2.71. The van der Waals surface area contributed by atoms with E-state index in [0.29, 0.717) is 0 Å². The first-order valence-electron chi connectivity index (χ1n) is 5.24. The monoisotopic (exact) mass is 204 g/mol. The molecule has 0 aromatic heterocycles. The molecule has 2 rings (SSSR count). The van der Waals surface area contributed by atoms with Gasteiger partial charge in [0.25, 0.3) is 0 Å². The Hall–Kier alpha value is -1.51. The summed E-state index contributed by atoms with van der Waals surface area (Å²) in [5.74, 6) is 2.02. The van der Waals surface area contributed by atoms with Crippen LogP contribution in [-0.2, 0) is 0 Å². The summed E-state index contributed by atoms with van der Waals surface area (Å²) >= 11 is 0. The smallest absolute Gasteiger partial charge is 0.121 e. The maximum Gasteiger partial charge on any atom is 0.121 e. The highest BCUT2D eigenvalue weighted by atomic mass is 16.5. The maximum atomic E-state index is 5.21. The van der Waals surface area contributed by atoms with E-state index in [1.165, 1.54) is 0 Å². The van der Waals surface area contributed by atoms with Crippen LogP contribution in [0.1, 0.15) is 18.4 Å². The number of amidine groups is 1. The van der Waals surface area contributed by atoms with E-state index < -0.39 is 0 Å². The maximum absolute atomic E-state index is 5.21. The van der Waals surface area contributed by atoms with Crippen LogP contribution in [0.2, 0.25) is 0 Å². The van der Waals surface area contributed by atoms with Gasteiger partial charge in [0.1, 0.15) is 11.6 Å². The minimum atomic E-state index is 0.925. The van der Waals surface area contributed by atoms with Crippen LogP contribution in [0.25, 0.3) is 0 Å². The van der Waals surface area contributed by atoms with Crippen molar-refractivity contribution in [3.05, 3.63) is 23.8 Å². The van der Waals surface area contributed by atoms with Gasteiger partial charge in [-0.05, 0) is 37.1 Å². The molecule has 80 valence electrons. The summed E-state index contributed by atoms with van der Waals surface area (Å²) in [6, 6.07) is 6.08. The number of hydrogen-bond acceptors (Lipinski definition) is 3. The van der Waals surface area contributed by atoms with Crippen molar-refractivity contribution in [3.8, 4) is 5.75 Å². The third-order valence-electron chi connectivity index (χ3n) is 2.56. The highest BCUT2D eigenvalue weighted by Gasteiger charge is 2.06. The van der Waals surface area contributed by atoms with Crippen molar-refractivity contribution in [2.75, 3.05) is 19.0 Å². The molecule has 0 spiro atoms. The Morgan fingerprint density at radius 3 is 2.87 bits per heavy atom. The molecule has 1 aromatic carbocycles. The largest absolute Gasteiger partial charge is 0.496 e. The van der Waals surface area contributed by atoms with Crippen molar-refractivity contribution in [1.82, 2.24) is 0 Å². The molecule has 1 N–H and O–H groups in total. The van der Waals surface area contributed by atoms with Crippen molar-refractivity contribution in [3.63, 3.8) is 0 Å². The van der Waals surface area contributed by atoms with Gasteiger partial charge in [-0.3, -0.25) is 4.99 Å². The third-order valence-corrected chi connectivity index (χ3v) is 2.56. The lowest BCUT2D eigenvalue weighted by molar-refractivity contribution is 0.412. The Kier molecular flexibility index (Phi) is 2.90. The molecule has 0 aliphatic carbocycles. The number of ether oxygens (including phenoxy) is 1. The fourth-order valence-electron chi connectivity index (χ4n) is 1.76. The van der Waals surface area contributed by atoms with Gasteiger partial charge in [0, 0.05) is 18.7 Å². The quantitative estimate of drug-likeness (QED) is 0.803. The molecule has 3 heteroatoms. The van der Waals surface area contributed by atoms with Crippen LogP contribution in [0.15, 0.2) is 23.2 Å². The van der Waals surface area contributed by atoms with E-state index in [4.69, 9.17) is 4.74 Å². The zero-order valence-electron chi connectivity index (χ0n) is 9.21. The van der Waals surface area contributed by atoms with Crippen molar-refractivity contribution >= 4 is 11.5 Å². The summed E-state index contributed by atoms with van der Waals surface area (Å²) in [7, 11) is 1.69. The highest BCUT2D eigenvalue weighted by molar-refractivity contribution is 5.96. The topological polar surface area (TPSA) is 33.6 Å². The normalized spacial score (nSPS) is 14.9. The summed E-state index contributed by atoms with van der Waals surface area (Å²) in [5.41, 5.74) is 2.23. The van der Waals surface area contributed by atoms with E-state index in [-0.39, 0.29) is 0 Å². The molecule has 0 amide bonds. The second-order valence-corrected chi connectivity index (χ2v) is 3.74. The molecule has 1 heterocycles. The molecule has 1 aliphatic rings. The van der Waals surface area contributed by atoms with Crippen LogP contribution in [0, 0.1) is 6.92 Å². The number of anilines is 1. The Morgan fingerprint density at radius 1 is 1.40 bits per heavy atom. The zero-order valence-corrected chi connectivity index (χ0v) is 9.21. The van der Waals surface area contributed by atoms with Gasteiger partial charge >= 0.3 is 0 Å². The molecule has 0 bridgehead atoms. The third kappa shape index (κ3) is 2.29. The van der Waals surface area contributed by atoms with Gasteiger partial charge in [0.05, 0.1) is 7.11 Å². The van der Waals surface area contributed by atoms with Crippen molar-refractivity contribution in [2.24, 2.45) is 4.99 Å². The van der Waals surface area contributed by atoms with Gasteiger partial charge in [-0.15, -0.1) is 0 Å². The first-order valence-corrected chi connectivity index (χ1v) is 5.24. The minimum Gasteiger partial charge on any atom is -0.496 e. The molecule has 0 unspecified atom stereocenters. The number of nitrogens with one attached hydrogen (secondary N) is 1. The zero-order chi connectivity index (χ0) is 10.7. The van der Waals surface area contributed by atoms with Gasteiger partial charge in [0.15, 0.2) is 0 Å². The second kappa shape index (κ2) is 4.34. The van der Waals surface area contributed by atoms with Crippen LogP contribution < -0.4 is 10.1 Å². The Labute approximate surface area is 90.2 Å². The van der Waals surface area contributed by atoms with E-state index in [0.717, 1.165) is 42.2 Å². The second-order valence-electron chi connectivity index (χ2n) is 3.74. The van der Waals surface area contributed by atoms with Crippen LogP contribution in [0.5, 0.6) is 5.75 Å². The molecule has 0 radical (unpaired) electrons. The lowest BCUT2D eigenvalue weighted by Crippen LogP contribution is -2.08. The van der Waals surface area contributed by atoms with Gasteiger partial charge < -0.3 is 10.1 Å². The summed E-state index contributed by atoms with van der Waals surface area (Å²) in [5, 5.41) is 3.33. The first kappa shape index (κ1) is 10.0. The van der Waals surface area contributed by atoms with E-state index in [1.54, 1.807) is 7.11 Å². The van der Waals surface area contributed by atoms with E-state index in [9.17, 15) is 0 Å². The lowest BCUT2D eigenvalue weighted by Gasteiger charge is -2.09. The van der Waals surface area contributed by atoms with Gasteiger partial charge in [0.2, 0.25) is 0 Å². The Bertz CT molecular complexity index is 385. The molecule has 0 fully saturated rings. The molecular weight excluding hydrogens is 188 g/mol. The molecule has 1 aromatic rings. The summed E-state index contributed by atoms with van der Waals surface area (Å²) < 4.78 is 5.21. The van der Waals surface area contributed by atoms with Crippen LogP contribution in [0.4, 0.5) is 5.69 Å². The predicted molar refractivity (Wildman–Crippen MR) is 62.9 cm³/mol.